The Morgan fingerprint density at radius 2 is 2.06 bits per heavy atom. The standard InChI is InChI=1S/C23H23N5O4/c1-32-18-8-9-28(13-18)23(31)14-2-4-16(5-3-14)25-12-21(27-24)19-11-15-10-17(29)6-7-20(15)26-22(19)30/h2-7,10-12,18,24-25,29H,8-9,13H2,1H3,(H,26,30)/b21-12-,27-24?/t18-/m1/s1. The number of amides is 1. The predicted octanol–water partition coefficient (Wildman–Crippen LogP) is 3.54. The summed E-state index contributed by atoms with van der Waals surface area (Å²) in [5.74, 6) is 0.0303. The van der Waals surface area contributed by atoms with Gasteiger partial charge >= 0.3 is 0 Å². The van der Waals surface area contributed by atoms with E-state index in [0.717, 1.165) is 6.42 Å². The smallest absolute Gasteiger partial charge is 0.258 e. The van der Waals surface area contributed by atoms with E-state index in [-0.39, 0.29) is 29.0 Å². The molecule has 0 saturated carbocycles. The number of H-pyrrole nitrogens is 1. The summed E-state index contributed by atoms with van der Waals surface area (Å²) in [5, 5.41) is 16.8. The highest BCUT2D eigenvalue weighted by Gasteiger charge is 2.26. The van der Waals surface area contributed by atoms with Gasteiger partial charge in [0, 0.05) is 48.6 Å². The highest BCUT2D eigenvalue weighted by Crippen LogP contribution is 2.22. The normalized spacial score (nSPS) is 16.3. The number of hydrogen-bond donors (Lipinski definition) is 4. The number of nitrogens with one attached hydrogen (secondary N) is 3. The Labute approximate surface area is 183 Å². The second-order valence-electron chi connectivity index (χ2n) is 7.54. The molecule has 1 aliphatic heterocycles. The first-order valence-electron chi connectivity index (χ1n) is 10.1. The van der Waals surface area contributed by atoms with Crippen LogP contribution in [0.2, 0.25) is 0 Å². The maximum Gasteiger partial charge on any atom is 0.258 e. The number of phenolic OH excluding ortho intramolecular Hbond substituents is 1. The Kier molecular flexibility index (Phi) is 6.00. The second-order valence-corrected chi connectivity index (χ2v) is 7.54. The van der Waals surface area contributed by atoms with Crippen LogP contribution < -0.4 is 10.9 Å². The monoisotopic (exact) mass is 433 g/mol. The molecule has 1 atom stereocenters. The molecule has 0 spiro atoms. The van der Waals surface area contributed by atoms with E-state index in [1.807, 2.05) is 0 Å². The topological polar surface area (TPSA) is 131 Å². The van der Waals surface area contributed by atoms with E-state index in [9.17, 15) is 14.7 Å². The number of anilines is 1. The van der Waals surface area contributed by atoms with Crippen molar-refractivity contribution in [2.24, 2.45) is 5.11 Å². The maximum atomic E-state index is 12.6. The first kappa shape index (κ1) is 21.3. The Bertz CT molecular complexity index is 1250. The van der Waals surface area contributed by atoms with Crippen LogP contribution in [-0.2, 0) is 4.74 Å². The number of methoxy groups -OCH3 is 1. The third-order valence-electron chi connectivity index (χ3n) is 5.50. The van der Waals surface area contributed by atoms with Gasteiger partial charge in [-0.25, -0.2) is 5.53 Å². The van der Waals surface area contributed by atoms with E-state index < -0.39 is 5.56 Å². The zero-order valence-corrected chi connectivity index (χ0v) is 17.5. The summed E-state index contributed by atoms with van der Waals surface area (Å²) in [6.45, 7) is 1.26. The minimum Gasteiger partial charge on any atom is -0.508 e. The van der Waals surface area contributed by atoms with Gasteiger partial charge in [0.25, 0.3) is 11.5 Å². The predicted molar refractivity (Wildman–Crippen MR) is 121 cm³/mol. The molecule has 9 nitrogen and oxygen atoms in total. The number of nitrogens with zero attached hydrogens (tertiary/aromatic N) is 2. The quantitative estimate of drug-likeness (QED) is 0.442. The van der Waals surface area contributed by atoms with Crippen LogP contribution in [0.4, 0.5) is 5.69 Å². The van der Waals surface area contributed by atoms with Crippen LogP contribution in [-0.4, -0.2) is 47.2 Å². The largest absolute Gasteiger partial charge is 0.508 e. The summed E-state index contributed by atoms with van der Waals surface area (Å²) >= 11 is 0. The van der Waals surface area contributed by atoms with Crippen molar-refractivity contribution in [3.8, 4) is 5.75 Å². The molecule has 9 heteroatoms. The lowest BCUT2D eigenvalue weighted by atomic mass is 10.1. The minimum atomic E-state index is -0.395. The average molecular weight is 433 g/mol. The molecule has 0 bridgehead atoms. The van der Waals surface area contributed by atoms with Crippen molar-refractivity contribution in [1.29, 1.82) is 5.53 Å². The molecule has 0 radical (unpaired) electrons. The Morgan fingerprint density at radius 3 is 2.75 bits per heavy atom. The molecule has 2 heterocycles. The fourth-order valence-corrected chi connectivity index (χ4v) is 3.70. The summed E-state index contributed by atoms with van der Waals surface area (Å²) in [7, 11) is 1.65. The van der Waals surface area contributed by atoms with Gasteiger partial charge in [0.2, 0.25) is 0 Å². The highest BCUT2D eigenvalue weighted by atomic mass is 16.5. The number of aromatic nitrogens is 1. The van der Waals surface area contributed by atoms with Gasteiger partial charge < -0.3 is 25.0 Å². The van der Waals surface area contributed by atoms with Gasteiger partial charge in [0.05, 0.1) is 11.7 Å². The number of pyridine rings is 1. The van der Waals surface area contributed by atoms with Crippen molar-refractivity contribution in [2.45, 2.75) is 12.5 Å². The highest BCUT2D eigenvalue weighted by molar-refractivity contribution is 5.94. The molecule has 3 aromatic rings. The van der Waals surface area contributed by atoms with Crippen molar-refractivity contribution >= 4 is 28.2 Å². The van der Waals surface area contributed by atoms with Gasteiger partial charge in [-0.2, -0.15) is 5.11 Å². The van der Waals surface area contributed by atoms with Crippen LogP contribution in [0.15, 0.2) is 64.6 Å². The van der Waals surface area contributed by atoms with Crippen LogP contribution in [0.1, 0.15) is 22.3 Å². The molecule has 4 N–H and O–H groups in total. The Balaban J connectivity index is 1.51. The van der Waals surface area contributed by atoms with Crippen LogP contribution in [0.25, 0.3) is 16.6 Å². The van der Waals surface area contributed by atoms with Gasteiger partial charge in [-0.15, -0.1) is 0 Å². The number of rotatable bonds is 6. The summed E-state index contributed by atoms with van der Waals surface area (Å²) in [4.78, 5) is 29.6. The molecule has 4 rings (SSSR count). The molecule has 0 aliphatic carbocycles. The molecule has 1 saturated heterocycles. The van der Waals surface area contributed by atoms with Gasteiger partial charge in [-0.05, 0) is 55.0 Å². The van der Waals surface area contributed by atoms with Crippen LogP contribution >= 0.6 is 0 Å². The van der Waals surface area contributed by atoms with E-state index in [1.54, 1.807) is 48.4 Å². The Hall–Kier alpha value is -3.98. The molecule has 1 aromatic heterocycles. The summed E-state index contributed by atoms with van der Waals surface area (Å²) in [6, 6.07) is 13.1. The molecule has 2 aromatic carbocycles. The van der Waals surface area contributed by atoms with Crippen molar-refractivity contribution in [3.05, 3.63) is 76.2 Å². The van der Waals surface area contributed by atoms with E-state index in [4.69, 9.17) is 10.3 Å². The van der Waals surface area contributed by atoms with Gasteiger partial charge in [-0.1, -0.05) is 0 Å². The number of fused-ring (bicyclic) bond motifs is 1. The average Bonchev–Trinajstić information content (AvgIpc) is 3.29. The zero-order valence-electron chi connectivity index (χ0n) is 17.5. The van der Waals surface area contributed by atoms with Crippen LogP contribution in [0.5, 0.6) is 5.75 Å². The lowest BCUT2D eigenvalue weighted by molar-refractivity contribution is 0.0724. The maximum absolute atomic E-state index is 12.6. The molecule has 1 amide bonds. The number of likely N-dealkylation sites (tertiary alicyclic amines) is 1. The number of ether oxygens (including phenoxy) is 1. The van der Waals surface area contributed by atoms with Gasteiger partial charge in [0.15, 0.2) is 0 Å². The van der Waals surface area contributed by atoms with Gasteiger partial charge in [0.1, 0.15) is 11.4 Å². The van der Waals surface area contributed by atoms with E-state index in [2.05, 4.69) is 15.4 Å². The second kappa shape index (κ2) is 9.03. The summed E-state index contributed by atoms with van der Waals surface area (Å²) in [5.41, 5.74) is 9.23. The minimum absolute atomic E-state index is 0.0422. The van der Waals surface area contributed by atoms with E-state index in [1.165, 1.54) is 18.3 Å². The number of carbonyl (C=O) groups excluding carboxylic acids is 1. The molecule has 1 aliphatic rings. The molecule has 32 heavy (non-hydrogen) atoms. The fraction of sp³-hybridized carbons (Fsp3) is 0.217. The number of hydrogen-bond acceptors (Lipinski definition) is 7. The van der Waals surface area contributed by atoms with Gasteiger partial charge in [-0.3, -0.25) is 9.59 Å². The number of phenols is 1. The molecule has 164 valence electrons. The number of aromatic hydroxyl groups is 1. The van der Waals surface area contributed by atoms with E-state index in [0.29, 0.717) is 35.2 Å². The summed E-state index contributed by atoms with van der Waals surface area (Å²) in [6.07, 6.45) is 2.37. The molecule has 0 unspecified atom stereocenters. The first-order valence-corrected chi connectivity index (χ1v) is 10.1. The number of carbonyl (C=O) groups is 1. The van der Waals surface area contributed by atoms with Crippen molar-refractivity contribution in [1.82, 2.24) is 9.88 Å². The Morgan fingerprint density at radius 1 is 1.28 bits per heavy atom. The SMILES string of the molecule is CO[C@@H]1CCN(C(=O)c2ccc(N/C=C(\N=N)c3cc4cc(O)ccc4[nH]c3=O)cc2)C1. The number of aromatic amines is 1. The third kappa shape index (κ3) is 4.37. The molecule has 1 fully saturated rings. The van der Waals surface area contributed by atoms with Crippen LogP contribution in [0, 0.1) is 5.53 Å². The third-order valence-corrected chi connectivity index (χ3v) is 5.50. The lowest BCUT2D eigenvalue weighted by Gasteiger charge is -2.16. The van der Waals surface area contributed by atoms with E-state index >= 15 is 0 Å². The molecular weight excluding hydrogens is 410 g/mol. The first-order chi connectivity index (χ1) is 15.5. The zero-order chi connectivity index (χ0) is 22.7. The lowest BCUT2D eigenvalue weighted by Crippen LogP contribution is -2.29. The van der Waals surface area contributed by atoms with Crippen molar-refractivity contribution in [3.63, 3.8) is 0 Å². The van der Waals surface area contributed by atoms with Crippen molar-refractivity contribution in [2.75, 3.05) is 25.5 Å². The van der Waals surface area contributed by atoms with Crippen LogP contribution in [0.3, 0.4) is 0 Å². The van der Waals surface area contributed by atoms with Crippen molar-refractivity contribution < 1.29 is 14.6 Å². The summed E-state index contributed by atoms with van der Waals surface area (Å²) < 4.78 is 5.31. The fourth-order valence-electron chi connectivity index (χ4n) is 3.70. The number of benzene rings is 2. The molecular formula is C23H23N5O4.